The van der Waals surface area contributed by atoms with Gasteiger partial charge < -0.3 is 10.6 Å². The third-order valence-corrected chi connectivity index (χ3v) is 1.83. The molecule has 0 unspecified atom stereocenters. The molecule has 4 heteroatoms. The van der Waals surface area contributed by atoms with E-state index in [9.17, 15) is 9.59 Å². The van der Waals surface area contributed by atoms with Gasteiger partial charge in [0.05, 0.1) is 0 Å². The second-order valence-electron chi connectivity index (χ2n) is 3.63. The molecule has 0 heterocycles. The lowest BCUT2D eigenvalue weighted by molar-refractivity contribution is -0.143. The van der Waals surface area contributed by atoms with E-state index in [-0.39, 0.29) is 0 Å². The van der Waals surface area contributed by atoms with Crippen molar-refractivity contribution >= 4 is 11.8 Å². The number of amides is 2. The van der Waals surface area contributed by atoms with Crippen molar-refractivity contribution in [2.75, 3.05) is 13.6 Å². The van der Waals surface area contributed by atoms with Crippen LogP contribution in [0.4, 0.5) is 0 Å². The fourth-order valence-electron chi connectivity index (χ4n) is 1.03. The van der Waals surface area contributed by atoms with Gasteiger partial charge in [-0.1, -0.05) is 13.8 Å². The zero-order chi connectivity index (χ0) is 10.4. The average molecular weight is 186 g/mol. The fraction of sp³-hybridized carbons (Fsp3) is 0.778. The van der Waals surface area contributed by atoms with Gasteiger partial charge in [0, 0.05) is 13.6 Å². The molecule has 0 atom stereocenters. The smallest absolute Gasteiger partial charge is 0.311 e. The van der Waals surface area contributed by atoms with Gasteiger partial charge in [0.15, 0.2) is 0 Å². The highest BCUT2D eigenvalue weighted by atomic mass is 16.2. The van der Waals surface area contributed by atoms with Gasteiger partial charge in [-0.2, -0.15) is 0 Å². The molecule has 0 rings (SSSR count). The summed E-state index contributed by atoms with van der Waals surface area (Å²) in [6.07, 6.45) is 1.96. The lowest BCUT2D eigenvalue weighted by Crippen LogP contribution is -2.38. The molecule has 0 radical (unpaired) electrons. The topological polar surface area (TPSA) is 63.4 Å². The lowest BCUT2D eigenvalue weighted by Gasteiger charge is -2.15. The van der Waals surface area contributed by atoms with E-state index in [4.69, 9.17) is 5.73 Å². The molecule has 0 spiro atoms. The van der Waals surface area contributed by atoms with Crippen molar-refractivity contribution in [1.82, 2.24) is 4.90 Å². The standard InChI is InChI=1S/C9H18N2O2/c1-7(2)5-4-6-11(3)9(13)8(10)12/h7H,4-6H2,1-3H3,(H2,10,12). The van der Waals surface area contributed by atoms with E-state index in [2.05, 4.69) is 13.8 Å². The van der Waals surface area contributed by atoms with Gasteiger partial charge in [-0.3, -0.25) is 9.59 Å². The number of likely N-dealkylation sites (N-methyl/N-ethyl adjacent to an activating group) is 1. The summed E-state index contributed by atoms with van der Waals surface area (Å²) in [6, 6.07) is 0. The Labute approximate surface area is 79.1 Å². The Hall–Kier alpha value is -1.06. The first-order valence-electron chi connectivity index (χ1n) is 4.50. The Bertz CT molecular complexity index is 190. The number of nitrogens with two attached hydrogens (primary N) is 1. The van der Waals surface area contributed by atoms with Crippen molar-refractivity contribution in [3.8, 4) is 0 Å². The number of carbonyl (C=O) groups is 2. The van der Waals surface area contributed by atoms with Crippen LogP contribution in [0.5, 0.6) is 0 Å². The summed E-state index contributed by atoms with van der Waals surface area (Å²) in [4.78, 5) is 22.8. The van der Waals surface area contributed by atoms with Gasteiger partial charge in [0.25, 0.3) is 0 Å². The Morgan fingerprint density at radius 1 is 1.38 bits per heavy atom. The summed E-state index contributed by atoms with van der Waals surface area (Å²) in [7, 11) is 1.59. The summed E-state index contributed by atoms with van der Waals surface area (Å²) in [6.45, 7) is 4.84. The van der Waals surface area contributed by atoms with Crippen LogP contribution in [0.25, 0.3) is 0 Å². The highest BCUT2D eigenvalue weighted by Crippen LogP contribution is 2.03. The number of nitrogens with zero attached hydrogens (tertiary/aromatic N) is 1. The van der Waals surface area contributed by atoms with Crippen LogP contribution >= 0.6 is 0 Å². The van der Waals surface area contributed by atoms with E-state index in [0.717, 1.165) is 12.8 Å². The summed E-state index contributed by atoms with van der Waals surface area (Å²) >= 11 is 0. The van der Waals surface area contributed by atoms with E-state index in [1.807, 2.05) is 0 Å². The Kier molecular flexibility index (Phi) is 5.11. The van der Waals surface area contributed by atoms with E-state index in [1.165, 1.54) is 4.90 Å². The predicted octanol–water partition coefficient (Wildman–Crippen LogP) is 0.366. The van der Waals surface area contributed by atoms with Crippen LogP contribution in [-0.4, -0.2) is 30.3 Å². The summed E-state index contributed by atoms with van der Waals surface area (Å²) in [5.41, 5.74) is 4.84. The zero-order valence-corrected chi connectivity index (χ0v) is 8.54. The largest absolute Gasteiger partial charge is 0.361 e. The van der Waals surface area contributed by atoms with E-state index < -0.39 is 11.8 Å². The average Bonchev–Trinajstić information content (AvgIpc) is 2.02. The van der Waals surface area contributed by atoms with Crippen molar-refractivity contribution in [2.45, 2.75) is 26.7 Å². The molecule has 0 saturated heterocycles. The molecule has 13 heavy (non-hydrogen) atoms. The van der Waals surface area contributed by atoms with Crippen molar-refractivity contribution in [2.24, 2.45) is 11.7 Å². The second kappa shape index (κ2) is 5.56. The predicted molar refractivity (Wildman–Crippen MR) is 50.9 cm³/mol. The van der Waals surface area contributed by atoms with Crippen LogP contribution in [0, 0.1) is 5.92 Å². The lowest BCUT2D eigenvalue weighted by atomic mass is 10.1. The van der Waals surface area contributed by atoms with Gasteiger partial charge >= 0.3 is 11.8 Å². The fourth-order valence-corrected chi connectivity index (χ4v) is 1.03. The molecule has 0 saturated carbocycles. The Morgan fingerprint density at radius 2 is 1.92 bits per heavy atom. The van der Waals surface area contributed by atoms with Crippen LogP contribution in [0.3, 0.4) is 0 Å². The molecule has 0 aliphatic carbocycles. The maximum absolute atomic E-state index is 11.0. The van der Waals surface area contributed by atoms with Gasteiger partial charge in [0.2, 0.25) is 0 Å². The molecule has 4 nitrogen and oxygen atoms in total. The van der Waals surface area contributed by atoms with Crippen LogP contribution in [0.1, 0.15) is 26.7 Å². The van der Waals surface area contributed by atoms with Crippen LogP contribution in [0.2, 0.25) is 0 Å². The number of primary amides is 1. The number of hydrogen-bond acceptors (Lipinski definition) is 2. The van der Waals surface area contributed by atoms with E-state index in [1.54, 1.807) is 7.05 Å². The van der Waals surface area contributed by atoms with E-state index >= 15 is 0 Å². The highest BCUT2D eigenvalue weighted by Gasteiger charge is 2.13. The first-order valence-corrected chi connectivity index (χ1v) is 4.50. The minimum absolute atomic E-state index is 0.597. The first kappa shape index (κ1) is 11.9. The summed E-state index contributed by atoms with van der Waals surface area (Å²) in [5.74, 6) is -0.868. The van der Waals surface area contributed by atoms with Gasteiger partial charge in [0.1, 0.15) is 0 Å². The van der Waals surface area contributed by atoms with Crippen molar-refractivity contribution in [1.29, 1.82) is 0 Å². The number of rotatable bonds is 4. The van der Waals surface area contributed by atoms with Crippen molar-refractivity contribution in [3.05, 3.63) is 0 Å². The SMILES string of the molecule is CC(C)CCCN(C)C(=O)C(N)=O. The molecule has 76 valence electrons. The maximum Gasteiger partial charge on any atom is 0.311 e. The molecule has 0 aromatic heterocycles. The number of hydrogen-bond donors (Lipinski definition) is 1. The third-order valence-electron chi connectivity index (χ3n) is 1.83. The van der Waals surface area contributed by atoms with Crippen molar-refractivity contribution in [3.63, 3.8) is 0 Å². The van der Waals surface area contributed by atoms with Gasteiger partial charge in [-0.05, 0) is 18.8 Å². The molecule has 0 aromatic carbocycles. The molecule has 0 aromatic rings. The molecule has 0 aliphatic rings. The zero-order valence-electron chi connectivity index (χ0n) is 8.54. The molecule has 0 aliphatic heterocycles. The molecule has 0 fully saturated rings. The van der Waals surface area contributed by atoms with Crippen LogP contribution in [0.15, 0.2) is 0 Å². The minimum Gasteiger partial charge on any atom is -0.361 e. The van der Waals surface area contributed by atoms with Crippen LogP contribution in [-0.2, 0) is 9.59 Å². The van der Waals surface area contributed by atoms with Gasteiger partial charge in [-0.25, -0.2) is 0 Å². The van der Waals surface area contributed by atoms with Crippen LogP contribution < -0.4 is 5.73 Å². The maximum atomic E-state index is 11.0. The second-order valence-corrected chi connectivity index (χ2v) is 3.63. The van der Waals surface area contributed by atoms with Crippen molar-refractivity contribution < 1.29 is 9.59 Å². The third kappa shape index (κ3) is 5.22. The quantitative estimate of drug-likeness (QED) is 0.644. The summed E-state index contributed by atoms with van der Waals surface area (Å²) in [5, 5.41) is 0. The summed E-state index contributed by atoms with van der Waals surface area (Å²) < 4.78 is 0. The normalized spacial score (nSPS) is 10.2. The molecule has 0 bridgehead atoms. The first-order chi connectivity index (χ1) is 5.95. The Balaban J connectivity index is 3.68. The highest BCUT2D eigenvalue weighted by molar-refractivity contribution is 6.34. The molecular weight excluding hydrogens is 168 g/mol. The monoisotopic (exact) mass is 186 g/mol. The minimum atomic E-state index is -0.882. The molecular formula is C9H18N2O2. The van der Waals surface area contributed by atoms with Gasteiger partial charge in [-0.15, -0.1) is 0 Å². The number of carbonyl (C=O) groups excluding carboxylic acids is 2. The molecule has 2 N–H and O–H groups in total. The molecule has 2 amide bonds. The van der Waals surface area contributed by atoms with E-state index in [0.29, 0.717) is 12.5 Å². The Morgan fingerprint density at radius 3 is 2.31 bits per heavy atom.